The Morgan fingerprint density at radius 2 is 2.35 bits per heavy atom. The van der Waals surface area contributed by atoms with Crippen molar-refractivity contribution in [1.29, 1.82) is 0 Å². The van der Waals surface area contributed by atoms with E-state index in [0.29, 0.717) is 29.5 Å². The van der Waals surface area contributed by atoms with E-state index in [0.717, 1.165) is 6.42 Å². The minimum Gasteiger partial charge on any atom is -0.379 e. The lowest BCUT2D eigenvalue weighted by Crippen LogP contribution is -2.35. The van der Waals surface area contributed by atoms with Gasteiger partial charge in [0.25, 0.3) is 5.91 Å². The van der Waals surface area contributed by atoms with Crippen molar-refractivity contribution in [2.45, 2.75) is 12.5 Å². The average Bonchev–Trinajstić information content (AvgIpc) is 2.81. The first-order valence-corrected chi connectivity index (χ1v) is 5.73. The monoisotopic (exact) mass is 255 g/mol. The maximum Gasteiger partial charge on any atom is 0.253 e. The maximum absolute atomic E-state index is 12.0. The van der Waals surface area contributed by atoms with E-state index in [9.17, 15) is 4.79 Å². The van der Waals surface area contributed by atoms with Crippen LogP contribution in [0.4, 0.5) is 5.69 Å². The smallest absolute Gasteiger partial charge is 0.253 e. The highest BCUT2D eigenvalue weighted by molar-refractivity contribution is 6.31. The number of ether oxygens (including phenoxy) is 1. The molecule has 1 heterocycles. The van der Waals surface area contributed by atoms with Gasteiger partial charge in [0.2, 0.25) is 0 Å². The minimum absolute atomic E-state index is 0.0621. The fraction of sp³-hybridized carbons (Fsp3) is 0.364. The molecular weight excluding hydrogens is 242 g/mol. The highest BCUT2D eigenvalue weighted by atomic mass is 35.5. The molecule has 1 fully saturated rings. The second-order valence-corrected chi connectivity index (χ2v) is 4.30. The molecule has 92 valence electrons. The first kappa shape index (κ1) is 12.2. The predicted octanol–water partition coefficient (Wildman–Crippen LogP) is 1.14. The molecule has 4 N–H and O–H groups in total. The van der Waals surface area contributed by atoms with Crippen molar-refractivity contribution in [3.63, 3.8) is 0 Å². The van der Waals surface area contributed by atoms with Gasteiger partial charge >= 0.3 is 0 Å². The van der Waals surface area contributed by atoms with Crippen LogP contribution in [-0.2, 0) is 4.74 Å². The number of hydrazine groups is 1. The molecule has 1 saturated heterocycles. The number of anilines is 1. The quantitative estimate of drug-likeness (QED) is 0.559. The van der Waals surface area contributed by atoms with Gasteiger partial charge in [-0.15, -0.1) is 0 Å². The summed E-state index contributed by atoms with van der Waals surface area (Å²) in [7, 11) is 0. The van der Waals surface area contributed by atoms with Crippen LogP contribution in [0.3, 0.4) is 0 Å². The fourth-order valence-corrected chi connectivity index (χ4v) is 1.91. The number of hydrogen-bond acceptors (Lipinski definition) is 4. The molecule has 5 nitrogen and oxygen atoms in total. The van der Waals surface area contributed by atoms with Crippen LogP contribution in [0.1, 0.15) is 16.8 Å². The third-order valence-corrected chi connectivity index (χ3v) is 2.88. The summed E-state index contributed by atoms with van der Waals surface area (Å²) < 4.78 is 5.19. The van der Waals surface area contributed by atoms with Gasteiger partial charge in [-0.05, 0) is 24.6 Å². The number of nitrogens with two attached hydrogens (primary N) is 1. The Hall–Kier alpha value is -1.30. The summed E-state index contributed by atoms with van der Waals surface area (Å²) in [5, 5.41) is 3.38. The van der Waals surface area contributed by atoms with Crippen LogP contribution in [0.5, 0.6) is 0 Å². The number of amides is 1. The van der Waals surface area contributed by atoms with Gasteiger partial charge in [0.05, 0.1) is 23.9 Å². The number of carbonyl (C=O) groups is 1. The lowest BCUT2D eigenvalue weighted by Gasteiger charge is -2.13. The highest BCUT2D eigenvalue weighted by Gasteiger charge is 2.20. The zero-order valence-corrected chi connectivity index (χ0v) is 9.96. The standard InChI is InChI=1S/C11H14ClN3O2/c12-7-1-2-10(15-13)9(5-7)11(16)14-8-3-4-17-6-8/h1-2,5,8,15H,3-4,6,13H2,(H,14,16). The molecule has 0 saturated carbocycles. The van der Waals surface area contributed by atoms with Crippen molar-refractivity contribution >= 4 is 23.2 Å². The predicted molar refractivity (Wildman–Crippen MR) is 66.0 cm³/mol. The van der Waals surface area contributed by atoms with E-state index < -0.39 is 0 Å². The molecule has 0 radical (unpaired) electrons. The second-order valence-electron chi connectivity index (χ2n) is 3.87. The van der Waals surface area contributed by atoms with Crippen LogP contribution in [0, 0.1) is 0 Å². The normalized spacial score (nSPS) is 19.1. The van der Waals surface area contributed by atoms with Crippen LogP contribution in [0.15, 0.2) is 18.2 Å². The average molecular weight is 256 g/mol. The maximum atomic E-state index is 12.0. The molecule has 1 atom stereocenters. The molecule has 0 aromatic heterocycles. The Balaban J connectivity index is 2.14. The Bertz CT molecular complexity index is 419. The molecule has 0 bridgehead atoms. The molecular formula is C11H14ClN3O2. The van der Waals surface area contributed by atoms with Gasteiger partial charge in [-0.1, -0.05) is 11.6 Å². The molecule has 1 aliphatic rings. The third-order valence-electron chi connectivity index (χ3n) is 2.65. The van der Waals surface area contributed by atoms with Gasteiger partial charge in [0.1, 0.15) is 0 Å². The molecule has 2 rings (SSSR count). The third kappa shape index (κ3) is 2.88. The molecule has 17 heavy (non-hydrogen) atoms. The second kappa shape index (κ2) is 5.35. The van der Waals surface area contributed by atoms with Gasteiger partial charge in [0.15, 0.2) is 0 Å². The molecule has 1 aromatic carbocycles. The van der Waals surface area contributed by atoms with E-state index in [1.165, 1.54) is 0 Å². The van der Waals surface area contributed by atoms with E-state index in [2.05, 4.69) is 10.7 Å². The minimum atomic E-state index is -0.198. The van der Waals surface area contributed by atoms with Crippen LogP contribution >= 0.6 is 11.6 Å². The van der Waals surface area contributed by atoms with Crippen molar-refractivity contribution in [2.75, 3.05) is 18.6 Å². The zero-order chi connectivity index (χ0) is 12.3. The van der Waals surface area contributed by atoms with E-state index in [4.69, 9.17) is 22.2 Å². The number of rotatable bonds is 3. The Labute approximate surface area is 104 Å². The summed E-state index contributed by atoms with van der Waals surface area (Å²) in [6.45, 7) is 1.24. The number of carbonyl (C=O) groups excluding carboxylic acids is 1. The van der Waals surface area contributed by atoms with Gasteiger partial charge in [-0.25, -0.2) is 0 Å². The van der Waals surface area contributed by atoms with Crippen LogP contribution < -0.4 is 16.6 Å². The fourth-order valence-electron chi connectivity index (χ4n) is 1.74. The summed E-state index contributed by atoms with van der Waals surface area (Å²) in [6.07, 6.45) is 0.831. The molecule has 1 aromatic rings. The molecule has 1 amide bonds. The lowest BCUT2D eigenvalue weighted by molar-refractivity contribution is 0.0930. The summed E-state index contributed by atoms with van der Waals surface area (Å²) in [4.78, 5) is 12.0. The summed E-state index contributed by atoms with van der Waals surface area (Å²) in [5.41, 5.74) is 3.46. The van der Waals surface area contributed by atoms with Crippen molar-refractivity contribution in [1.82, 2.24) is 5.32 Å². The van der Waals surface area contributed by atoms with E-state index in [1.54, 1.807) is 18.2 Å². The largest absolute Gasteiger partial charge is 0.379 e. The molecule has 1 aliphatic heterocycles. The highest BCUT2D eigenvalue weighted by Crippen LogP contribution is 2.20. The van der Waals surface area contributed by atoms with Crippen LogP contribution in [-0.4, -0.2) is 25.2 Å². The Kier molecular flexibility index (Phi) is 3.83. The van der Waals surface area contributed by atoms with E-state index in [-0.39, 0.29) is 11.9 Å². The first-order valence-electron chi connectivity index (χ1n) is 5.35. The van der Waals surface area contributed by atoms with Crippen LogP contribution in [0.25, 0.3) is 0 Å². The van der Waals surface area contributed by atoms with Gasteiger partial charge in [0, 0.05) is 11.6 Å². The molecule has 0 spiro atoms. The van der Waals surface area contributed by atoms with Crippen LogP contribution in [0.2, 0.25) is 5.02 Å². The summed E-state index contributed by atoms with van der Waals surface area (Å²) >= 11 is 5.86. The van der Waals surface area contributed by atoms with Crippen molar-refractivity contribution in [3.05, 3.63) is 28.8 Å². The SMILES string of the molecule is NNc1ccc(Cl)cc1C(=O)NC1CCOC1. The Morgan fingerprint density at radius 3 is 3.00 bits per heavy atom. The topological polar surface area (TPSA) is 76.4 Å². The summed E-state index contributed by atoms with van der Waals surface area (Å²) in [5.74, 6) is 5.15. The first-order chi connectivity index (χ1) is 8.20. The zero-order valence-electron chi connectivity index (χ0n) is 9.20. The van der Waals surface area contributed by atoms with Gasteiger partial charge in [-0.3, -0.25) is 10.6 Å². The number of halogens is 1. The molecule has 6 heteroatoms. The molecule has 1 unspecified atom stereocenters. The Morgan fingerprint density at radius 1 is 1.53 bits per heavy atom. The van der Waals surface area contributed by atoms with Gasteiger partial charge < -0.3 is 15.5 Å². The molecule has 0 aliphatic carbocycles. The van der Waals surface area contributed by atoms with Crippen molar-refractivity contribution < 1.29 is 9.53 Å². The number of nitrogens with one attached hydrogen (secondary N) is 2. The lowest BCUT2D eigenvalue weighted by atomic mass is 10.1. The van der Waals surface area contributed by atoms with Crippen molar-refractivity contribution in [2.24, 2.45) is 5.84 Å². The van der Waals surface area contributed by atoms with E-state index >= 15 is 0 Å². The summed E-state index contributed by atoms with van der Waals surface area (Å²) in [6, 6.07) is 4.99. The number of hydrogen-bond donors (Lipinski definition) is 3. The number of benzene rings is 1. The van der Waals surface area contributed by atoms with E-state index in [1.807, 2.05) is 0 Å². The number of nitrogen functional groups attached to an aromatic ring is 1. The van der Waals surface area contributed by atoms with Gasteiger partial charge in [-0.2, -0.15) is 0 Å². The van der Waals surface area contributed by atoms with Crippen molar-refractivity contribution in [3.8, 4) is 0 Å².